The van der Waals surface area contributed by atoms with Gasteiger partial charge in [0.2, 0.25) is 0 Å². The van der Waals surface area contributed by atoms with Gasteiger partial charge in [0.1, 0.15) is 5.75 Å². The minimum absolute atomic E-state index is 0.193. The van der Waals surface area contributed by atoms with Gasteiger partial charge in [-0.1, -0.05) is 13.8 Å². The van der Waals surface area contributed by atoms with Crippen molar-refractivity contribution in [1.82, 2.24) is 0 Å². The van der Waals surface area contributed by atoms with Gasteiger partial charge in [-0.2, -0.15) is 0 Å². The molecule has 0 saturated carbocycles. The molecule has 0 unspecified atom stereocenters. The van der Waals surface area contributed by atoms with Gasteiger partial charge in [0.15, 0.2) is 0 Å². The van der Waals surface area contributed by atoms with E-state index in [9.17, 15) is 9.59 Å². The van der Waals surface area contributed by atoms with Crippen molar-refractivity contribution in [2.45, 2.75) is 33.6 Å². The summed E-state index contributed by atoms with van der Waals surface area (Å²) in [4.78, 5) is 23.3. The van der Waals surface area contributed by atoms with Crippen molar-refractivity contribution in [3.8, 4) is 5.75 Å². The van der Waals surface area contributed by atoms with Crippen LogP contribution in [0.2, 0.25) is 0 Å². The Hall–Kier alpha value is -1.84. The van der Waals surface area contributed by atoms with Crippen LogP contribution in [0.4, 0.5) is 0 Å². The first-order valence-electron chi connectivity index (χ1n) is 6.49. The highest BCUT2D eigenvalue weighted by Gasteiger charge is 2.19. The Labute approximate surface area is 113 Å². The second-order valence-corrected chi connectivity index (χ2v) is 4.39. The van der Waals surface area contributed by atoms with E-state index in [1.165, 1.54) is 0 Å². The first-order chi connectivity index (χ1) is 9.01. The molecule has 0 N–H and O–H groups in total. The molecule has 19 heavy (non-hydrogen) atoms. The number of hydrogen-bond acceptors (Lipinski definition) is 4. The van der Waals surface area contributed by atoms with Crippen molar-refractivity contribution in [3.63, 3.8) is 0 Å². The third-order valence-corrected chi connectivity index (χ3v) is 2.65. The smallest absolute Gasteiger partial charge is 0.379 e. The van der Waals surface area contributed by atoms with E-state index >= 15 is 0 Å². The Balaban J connectivity index is 3.07. The van der Waals surface area contributed by atoms with Crippen LogP contribution in [0.15, 0.2) is 18.2 Å². The minimum Gasteiger partial charge on any atom is -0.494 e. The Morgan fingerprint density at radius 3 is 2.37 bits per heavy atom. The predicted octanol–water partition coefficient (Wildman–Crippen LogP) is 2.95. The molecule has 0 spiro atoms. The van der Waals surface area contributed by atoms with Gasteiger partial charge < -0.3 is 9.47 Å². The van der Waals surface area contributed by atoms with Crippen LogP contribution in [0.25, 0.3) is 0 Å². The molecule has 0 bridgehead atoms. The molecule has 0 aliphatic carbocycles. The minimum atomic E-state index is -0.818. The van der Waals surface area contributed by atoms with Crippen LogP contribution in [0.1, 0.15) is 49.5 Å². The Kier molecular flexibility index (Phi) is 5.55. The molecule has 0 amide bonds. The summed E-state index contributed by atoms with van der Waals surface area (Å²) in [5, 5.41) is 0. The van der Waals surface area contributed by atoms with E-state index < -0.39 is 11.8 Å². The van der Waals surface area contributed by atoms with Gasteiger partial charge >= 0.3 is 5.97 Å². The van der Waals surface area contributed by atoms with Crippen molar-refractivity contribution in [2.24, 2.45) is 0 Å². The summed E-state index contributed by atoms with van der Waals surface area (Å²) in [6.07, 6.45) is 0. The average Bonchev–Trinajstić information content (AvgIpc) is 2.38. The van der Waals surface area contributed by atoms with Crippen LogP contribution in [-0.2, 0) is 9.53 Å². The highest BCUT2D eigenvalue weighted by molar-refractivity contribution is 6.40. The van der Waals surface area contributed by atoms with Crippen LogP contribution in [0, 0.1) is 0 Å². The SMILES string of the molecule is CCOC(=O)C(=O)c1ccc(OCC)c(C(C)C)c1. The summed E-state index contributed by atoms with van der Waals surface area (Å²) < 4.78 is 10.2. The third-order valence-electron chi connectivity index (χ3n) is 2.65. The molecule has 104 valence electrons. The second kappa shape index (κ2) is 6.92. The maximum absolute atomic E-state index is 11.9. The highest BCUT2D eigenvalue weighted by Crippen LogP contribution is 2.27. The molecule has 0 aliphatic rings. The van der Waals surface area contributed by atoms with Crippen molar-refractivity contribution >= 4 is 11.8 Å². The fourth-order valence-corrected chi connectivity index (χ4v) is 1.74. The number of carbonyl (C=O) groups excluding carboxylic acids is 2. The first kappa shape index (κ1) is 15.2. The molecular weight excluding hydrogens is 244 g/mol. The third kappa shape index (κ3) is 3.81. The number of hydrogen-bond donors (Lipinski definition) is 0. The van der Waals surface area contributed by atoms with Crippen LogP contribution < -0.4 is 4.74 Å². The van der Waals surface area contributed by atoms with Crippen molar-refractivity contribution in [1.29, 1.82) is 0 Å². The van der Waals surface area contributed by atoms with E-state index in [4.69, 9.17) is 9.47 Å². The summed E-state index contributed by atoms with van der Waals surface area (Å²) in [5.41, 5.74) is 1.25. The standard InChI is InChI=1S/C15H20O4/c1-5-18-13-8-7-11(9-12(13)10(3)4)14(16)15(17)19-6-2/h7-10H,5-6H2,1-4H3. The van der Waals surface area contributed by atoms with Gasteiger partial charge in [-0.3, -0.25) is 4.79 Å². The number of esters is 1. The van der Waals surface area contributed by atoms with Crippen LogP contribution in [0.5, 0.6) is 5.75 Å². The molecule has 0 atom stereocenters. The Morgan fingerprint density at radius 2 is 1.84 bits per heavy atom. The molecule has 0 radical (unpaired) electrons. The molecule has 0 heterocycles. The quantitative estimate of drug-likeness (QED) is 0.450. The van der Waals surface area contributed by atoms with Crippen molar-refractivity contribution < 1.29 is 19.1 Å². The molecule has 4 heteroatoms. The first-order valence-corrected chi connectivity index (χ1v) is 6.49. The zero-order chi connectivity index (χ0) is 14.4. The number of carbonyl (C=O) groups is 2. The molecule has 0 fully saturated rings. The van der Waals surface area contributed by atoms with E-state index in [0.717, 1.165) is 11.3 Å². The summed E-state index contributed by atoms with van der Waals surface area (Å²) in [6.45, 7) is 8.35. The maximum Gasteiger partial charge on any atom is 0.379 e. The molecule has 1 aromatic carbocycles. The number of ether oxygens (including phenoxy) is 2. The Bertz CT molecular complexity index is 463. The molecule has 0 aliphatic heterocycles. The fraction of sp³-hybridized carbons (Fsp3) is 0.467. The number of rotatable bonds is 6. The molecule has 1 rings (SSSR count). The summed E-state index contributed by atoms with van der Waals surface area (Å²) in [7, 11) is 0. The second-order valence-electron chi connectivity index (χ2n) is 4.39. The summed E-state index contributed by atoms with van der Waals surface area (Å²) >= 11 is 0. The van der Waals surface area contributed by atoms with E-state index in [-0.39, 0.29) is 12.5 Å². The van der Waals surface area contributed by atoms with Crippen molar-refractivity contribution in [3.05, 3.63) is 29.3 Å². The predicted molar refractivity (Wildman–Crippen MR) is 72.7 cm³/mol. The number of benzene rings is 1. The molecular formula is C15H20O4. The van der Waals surface area contributed by atoms with Crippen molar-refractivity contribution in [2.75, 3.05) is 13.2 Å². The molecule has 0 aromatic heterocycles. The summed E-state index contributed by atoms with van der Waals surface area (Å²) in [5.74, 6) is -0.484. The zero-order valence-corrected chi connectivity index (χ0v) is 11.9. The summed E-state index contributed by atoms with van der Waals surface area (Å²) in [6, 6.07) is 5.02. The lowest BCUT2D eigenvalue weighted by atomic mass is 9.98. The average molecular weight is 264 g/mol. The maximum atomic E-state index is 11.9. The van der Waals surface area contributed by atoms with Crippen LogP contribution in [-0.4, -0.2) is 25.0 Å². The van der Waals surface area contributed by atoms with Gasteiger partial charge in [-0.05, 0) is 43.5 Å². The zero-order valence-electron chi connectivity index (χ0n) is 11.9. The highest BCUT2D eigenvalue weighted by atomic mass is 16.5. The van der Waals surface area contributed by atoms with Crippen LogP contribution >= 0.6 is 0 Å². The fourth-order valence-electron chi connectivity index (χ4n) is 1.74. The molecule has 1 aromatic rings. The van der Waals surface area contributed by atoms with E-state index in [0.29, 0.717) is 12.2 Å². The normalized spacial score (nSPS) is 10.4. The van der Waals surface area contributed by atoms with E-state index in [1.807, 2.05) is 20.8 Å². The Morgan fingerprint density at radius 1 is 1.16 bits per heavy atom. The van der Waals surface area contributed by atoms with Gasteiger partial charge in [-0.25, -0.2) is 4.79 Å². The lowest BCUT2D eigenvalue weighted by Gasteiger charge is -2.14. The van der Waals surface area contributed by atoms with Gasteiger partial charge in [0.05, 0.1) is 13.2 Å². The lowest BCUT2D eigenvalue weighted by molar-refractivity contribution is -0.137. The van der Waals surface area contributed by atoms with Gasteiger partial charge in [0, 0.05) is 5.56 Å². The number of Topliss-reactive ketones (excluding diaryl/α,β-unsaturated/α-hetero) is 1. The monoisotopic (exact) mass is 264 g/mol. The van der Waals surface area contributed by atoms with Gasteiger partial charge in [0.25, 0.3) is 5.78 Å². The van der Waals surface area contributed by atoms with Crippen LogP contribution in [0.3, 0.4) is 0 Å². The number of ketones is 1. The van der Waals surface area contributed by atoms with E-state index in [2.05, 4.69) is 0 Å². The van der Waals surface area contributed by atoms with Gasteiger partial charge in [-0.15, -0.1) is 0 Å². The largest absolute Gasteiger partial charge is 0.494 e. The topological polar surface area (TPSA) is 52.6 Å². The molecule has 4 nitrogen and oxygen atoms in total. The lowest BCUT2D eigenvalue weighted by Crippen LogP contribution is -2.17. The molecule has 0 saturated heterocycles. The van der Waals surface area contributed by atoms with E-state index in [1.54, 1.807) is 25.1 Å².